The number of nitrogens with one attached hydrogen (secondary N) is 1. The van der Waals surface area contributed by atoms with Crippen LogP contribution in [0.5, 0.6) is 0 Å². The molecule has 0 aliphatic heterocycles. The molecule has 5 heteroatoms. The van der Waals surface area contributed by atoms with Gasteiger partial charge in [-0.3, -0.25) is 9.55 Å². The van der Waals surface area contributed by atoms with Gasteiger partial charge in [-0.25, -0.2) is 9.78 Å². The van der Waals surface area contributed by atoms with E-state index in [2.05, 4.69) is 15.3 Å². The molecule has 0 unspecified atom stereocenters. The Morgan fingerprint density at radius 2 is 2.16 bits per heavy atom. The van der Waals surface area contributed by atoms with Crippen molar-refractivity contribution >= 4 is 22.6 Å². The lowest BCUT2D eigenvalue weighted by Crippen LogP contribution is -2.18. The molecule has 5 nitrogen and oxygen atoms in total. The van der Waals surface area contributed by atoms with Crippen LogP contribution in [0.3, 0.4) is 0 Å². The highest BCUT2D eigenvalue weighted by molar-refractivity contribution is 6.01. The molecule has 0 atom stereocenters. The Balaban J connectivity index is 2.03. The quantitative estimate of drug-likeness (QED) is 0.724. The largest absolute Gasteiger partial charge is 0.331 e. The summed E-state index contributed by atoms with van der Waals surface area (Å²) in [6.45, 7) is 1.90. The van der Waals surface area contributed by atoms with Gasteiger partial charge < -0.3 is 5.32 Å². The normalized spacial score (nSPS) is 10.6. The Bertz CT molecular complexity index is 734. The molecule has 1 N–H and O–H groups in total. The molecule has 0 saturated carbocycles. The van der Waals surface area contributed by atoms with Gasteiger partial charge in [-0.05, 0) is 19.1 Å². The summed E-state index contributed by atoms with van der Waals surface area (Å²) >= 11 is 0. The molecule has 3 rings (SSSR count). The van der Waals surface area contributed by atoms with Crippen molar-refractivity contribution in [2.75, 3.05) is 5.32 Å². The Kier molecular flexibility index (Phi) is 2.72. The molecule has 0 radical (unpaired) electrons. The molecule has 0 aliphatic carbocycles. The van der Waals surface area contributed by atoms with Gasteiger partial charge in [-0.2, -0.15) is 0 Å². The Morgan fingerprint density at radius 1 is 1.32 bits per heavy atom. The molecule has 0 aliphatic rings. The number of fused-ring (bicyclic) bond motifs is 1. The predicted octanol–water partition coefficient (Wildman–Crippen LogP) is 2.82. The zero-order chi connectivity index (χ0) is 13.2. The fourth-order valence-electron chi connectivity index (χ4n) is 1.97. The first-order valence-electron chi connectivity index (χ1n) is 5.90. The van der Waals surface area contributed by atoms with E-state index >= 15 is 0 Å². The van der Waals surface area contributed by atoms with Crippen LogP contribution in [0.25, 0.3) is 10.9 Å². The van der Waals surface area contributed by atoms with Crippen molar-refractivity contribution in [3.63, 3.8) is 0 Å². The van der Waals surface area contributed by atoms with Crippen LogP contribution in [0.15, 0.2) is 49.1 Å². The van der Waals surface area contributed by atoms with Crippen molar-refractivity contribution in [2.45, 2.75) is 6.92 Å². The standard InChI is InChI=1S/C14H12N4O/c1-10-8-13(11-4-2-3-5-12(11)16-10)17-14(19)18-7-6-15-9-18/h2-9H,1H3,(H,16,17,19). The summed E-state index contributed by atoms with van der Waals surface area (Å²) in [4.78, 5) is 20.3. The SMILES string of the molecule is Cc1cc(NC(=O)n2ccnc2)c2ccccc2n1. The van der Waals surface area contributed by atoms with Crippen LogP contribution >= 0.6 is 0 Å². The lowest BCUT2D eigenvalue weighted by molar-refractivity contribution is 0.253. The zero-order valence-electron chi connectivity index (χ0n) is 10.4. The molecule has 0 bridgehead atoms. The van der Waals surface area contributed by atoms with E-state index < -0.39 is 0 Å². The Morgan fingerprint density at radius 3 is 2.95 bits per heavy atom. The maximum Gasteiger partial charge on any atom is 0.331 e. The minimum atomic E-state index is -0.242. The van der Waals surface area contributed by atoms with Crippen LogP contribution in [0, 0.1) is 6.92 Å². The maximum atomic E-state index is 12.0. The first-order chi connectivity index (χ1) is 9.24. The number of pyridine rings is 1. The van der Waals surface area contributed by atoms with E-state index in [4.69, 9.17) is 0 Å². The molecule has 0 spiro atoms. The van der Waals surface area contributed by atoms with Crippen molar-refractivity contribution in [1.82, 2.24) is 14.5 Å². The second-order valence-corrected chi connectivity index (χ2v) is 4.23. The third-order valence-electron chi connectivity index (χ3n) is 2.82. The van der Waals surface area contributed by atoms with Crippen molar-refractivity contribution < 1.29 is 4.79 Å². The highest BCUT2D eigenvalue weighted by Gasteiger charge is 2.08. The average Bonchev–Trinajstić information content (AvgIpc) is 2.92. The molecule has 2 aromatic heterocycles. The van der Waals surface area contributed by atoms with Gasteiger partial charge in [-0.1, -0.05) is 18.2 Å². The number of benzene rings is 1. The summed E-state index contributed by atoms with van der Waals surface area (Å²) in [5, 5.41) is 3.79. The minimum Gasteiger partial charge on any atom is -0.306 e. The number of aromatic nitrogens is 3. The van der Waals surface area contributed by atoms with Gasteiger partial charge in [0.2, 0.25) is 0 Å². The van der Waals surface area contributed by atoms with Crippen molar-refractivity contribution in [3.8, 4) is 0 Å². The number of para-hydroxylation sites is 1. The lowest BCUT2D eigenvalue weighted by atomic mass is 10.1. The molecule has 3 aromatic rings. The van der Waals surface area contributed by atoms with Gasteiger partial charge in [0, 0.05) is 23.5 Å². The number of carbonyl (C=O) groups excluding carboxylic acids is 1. The van der Waals surface area contributed by atoms with Gasteiger partial charge in [0.1, 0.15) is 6.33 Å². The summed E-state index contributed by atoms with van der Waals surface area (Å²) in [6.07, 6.45) is 4.63. The molecular formula is C14H12N4O. The van der Waals surface area contributed by atoms with Gasteiger partial charge >= 0.3 is 6.03 Å². The third kappa shape index (κ3) is 2.18. The first-order valence-corrected chi connectivity index (χ1v) is 5.90. The van der Waals surface area contributed by atoms with Crippen LogP contribution in [0.2, 0.25) is 0 Å². The van der Waals surface area contributed by atoms with E-state index in [1.165, 1.54) is 10.9 Å². The van der Waals surface area contributed by atoms with E-state index in [0.29, 0.717) is 0 Å². The molecular weight excluding hydrogens is 240 g/mol. The Hall–Kier alpha value is -2.69. The molecule has 19 heavy (non-hydrogen) atoms. The highest BCUT2D eigenvalue weighted by Crippen LogP contribution is 2.22. The zero-order valence-corrected chi connectivity index (χ0v) is 10.4. The van der Waals surface area contributed by atoms with Crippen molar-refractivity contribution in [1.29, 1.82) is 0 Å². The van der Waals surface area contributed by atoms with Crippen molar-refractivity contribution in [2.24, 2.45) is 0 Å². The van der Waals surface area contributed by atoms with Crippen LogP contribution in [0.1, 0.15) is 5.69 Å². The number of aryl methyl sites for hydroxylation is 1. The number of hydrogen-bond acceptors (Lipinski definition) is 3. The molecule has 2 heterocycles. The fourth-order valence-corrected chi connectivity index (χ4v) is 1.97. The number of carbonyl (C=O) groups is 1. The smallest absolute Gasteiger partial charge is 0.306 e. The van der Waals surface area contributed by atoms with Crippen molar-refractivity contribution in [3.05, 3.63) is 54.7 Å². The van der Waals surface area contributed by atoms with Gasteiger partial charge in [0.25, 0.3) is 0 Å². The van der Waals surface area contributed by atoms with Crippen LogP contribution in [0.4, 0.5) is 10.5 Å². The summed E-state index contributed by atoms with van der Waals surface area (Å²) in [7, 11) is 0. The number of nitrogens with zero attached hydrogens (tertiary/aromatic N) is 3. The predicted molar refractivity (Wildman–Crippen MR) is 73.1 cm³/mol. The monoisotopic (exact) mass is 252 g/mol. The Labute approximate surface area is 109 Å². The first kappa shape index (κ1) is 11.4. The lowest BCUT2D eigenvalue weighted by Gasteiger charge is -2.09. The second-order valence-electron chi connectivity index (χ2n) is 4.23. The van der Waals surface area contributed by atoms with E-state index in [9.17, 15) is 4.79 Å². The maximum absolute atomic E-state index is 12.0. The van der Waals surface area contributed by atoms with Gasteiger partial charge in [0.15, 0.2) is 0 Å². The molecule has 0 saturated heterocycles. The molecule has 94 valence electrons. The summed E-state index contributed by atoms with van der Waals surface area (Å²) in [5.74, 6) is 0. The van der Waals surface area contributed by atoms with Gasteiger partial charge in [-0.15, -0.1) is 0 Å². The average molecular weight is 252 g/mol. The number of rotatable bonds is 1. The third-order valence-corrected chi connectivity index (χ3v) is 2.82. The number of hydrogen-bond donors (Lipinski definition) is 1. The van der Waals surface area contributed by atoms with E-state index in [0.717, 1.165) is 22.3 Å². The van der Waals surface area contributed by atoms with Crippen LogP contribution in [-0.4, -0.2) is 20.6 Å². The molecule has 1 aromatic carbocycles. The van der Waals surface area contributed by atoms with Crippen LogP contribution in [-0.2, 0) is 0 Å². The number of anilines is 1. The second kappa shape index (κ2) is 4.53. The molecule has 0 fully saturated rings. The highest BCUT2D eigenvalue weighted by atomic mass is 16.2. The fraction of sp³-hybridized carbons (Fsp3) is 0.0714. The number of imidazole rings is 1. The summed E-state index contributed by atoms with van der Waals surface area (Å²) < 4.78 is 1.39. The minimum absolute atomic E-state index is 0.242. The summed E-state index contributed by atoms with van der Waals surface area (Å²) in [5.41, 5.74) is 2.48. The summed E-state index contributed by atoms with van der Waals surface area (Å²) in [6, 6.07) is 9.33. The van der Waals surface area contributed by atoms with E-state index in [-0.39, 0.29) is 6.03 Å². The van der Waals surface area contributed by atoms with E-state index in [1.54, 1.807) is 12.4 Å². The molecule has 1 amide bonds. The van der Waals surface area contributed by atoms with Crippen LogP contribution < -0.4 is 5.32 Å². The van der Waals surface area contributed by atoms with Gasteiger partial charge in [0.05, 0.1) is 11.2 Å². The number of amides is 1. The van der Waals surface area contributed by atoms with E-state index in [1.807, 2.05) is 37.3 Å². The topological polar surface area (TPSA) is 59.8 Å².